The van der Waals surface area contributed by atoms with Crippen LogP contribution in [0.3, 0.4) is 0 Å². The van der Waals surface area contributed by atoms with E-state index in [9.17, 15) is 8.42 Å². The lowest BCUT2D eigenvalue weighted by Gasteiger charge is -2.11. The largest absolute Gasteiger partial charge is 0.497 e. The maximum atomic E-state index is 12.5. The number of hydrogen-bond acceptors (Lipinski definition) is 6. The van der Waals surface area contributed by atoms with Gasteiger partial charge < -0.3 is 10.1 Å². The van der Waals surface area contributed by atoms with E-state index >= 15 is 0 Å². The number of aromatic nitrogens is 2. The first kappa shape index (κ1) is 19.0. The Morgan fingerprint density at radius 2 is 1.80 bits per heavy atom. The number of benzene rings is 1. The van der Waals surface area contributed by atoms with Gasteiger partial charge in [0, 0.05) is 6.54 Å². The molecule has 0 amide bonds. The van der Waals surface area contributed by atoms with Crippen molar-refractivity contribution in [2.24, 2.45) is 5.92 Å². The van der Waals surface area contributed by atoms with E-state index < -0.39 is 10.0 Å². The molecular weight excluding hydrogens is 340 g/mol. The number of nitrogens with zero attached hydrogens (tertiary/aromatic N) is 2. The molecule has 0 aliphatic heterocycles. The highest BCUT2D eigenvalue weighted by Crippen LogP contribution is 2.22. The molecule has 0 bridgehead atoms. The first-order valence-electron chi connectivity index (χ1n) is 8.07. The molecule has 1 aromatic carbocycles. The Morgan fingerprint density at radius 3 is 2.36 bits per heavy atom. The summed E-state index contributed by atoms with van der Waals surface area (Å²) in [6, 6.07) is 8.07. The van der Waals surface area contributed by atoms with Gasteiger partial charge in [-0.2, -0.15) is 0 Å². The van der Waals surface area contributed by atoms with Gasteiger partial charge in [0.2, 0.25) is 0 Å². The molecule has 25 heavy (non-hydrogen) atoms. The lowest BCUT2D eigenvalue weighted by molar-refractivity contribution is 0.414. The van der Waals surface area contributed by atoms with E-state index in [0.717, 1.165) is 13.0 Å². The van der Waals surface area contributed by atoms with Crippen LogP contribution in [0.4, 0.5) is 11.6 Å². The Labute approximate surface area is 148 Å². The zero-order chi connectivity index (χ0) is 18.4. The van der Waals surface area contributed by atoms with Crippen molar-refractivity contribution in [1.29, 1.82) is 0 Å². The number of hydrogen-bond donors (Lipinski definition) is 2. The smallest absolute Gasteiger partial charge is 0.263 e. The zero-order valence-corrected chi connectivity index (χ0v) is 15.7. The summed E-state index contributed by atoms with van der Waals surface area (Å²) < 4.78 is 32.6. The van der Waals surface area contributed by atoms with Crippen molar-refractivity contribution in [2.75, 3.05) is 23.7 Å². The standard InChI is InChI=1S/C17H24N4O3S/c1-12(2)9-10-18-16-7-8-17(20-19-16)21-25(22,23)15-6-5-14(24-4)11-13(15)3/h5-8,11-12H,9-10H2,1-4H3,(H,18,19)(H,20,21). The van der Waals surface area contributed by atoms with E-state index in [1.165, 1.54) is 13.2 Å². The van der Waals surface area contributed by atoms with Crippen LogP contribution in [0.15, 0.2) is 35.2 Å². The lowest BCUT2D eigenvalue weighted by Crippen LogP contribution is -2.16. The minimum Gasteiger partial charge on any atom is -0.497 e. The molecule has 2 N–H and O–H groups in total. The number of sulfonamides is 1. The summed E-state index contributed by atoms with van der Waals surface area (Å²) in [4.78, 5) is 0.175. The topological polar surface area (TPSA) is 93.2 Å². The summed E-state index contributed by atoms with van der Waals surface area (Å²) in [5.74, 6) is 1.99. The first-order chi connectivity index (χ1) is 11.8. The number of ether oxygens (including phenoxy) is 1. The SMILES string of the molecule is COc1ccc(S(=O)(=O)Nc2ccc(NCCC(C)C)nn2)c(C)c1. The van der Waals surface area contributed by atoms with Crippen molar-refractivity contribution in [3.8, 4) is 5.75 Å². The molecule has 0 atom stereocenters. The normalized spacial score (nSPS) is 11.4. The van der Waals surface area contributed by atoms with Crippen LogP contribution >= 0.6 is 0 Å². The molecule has 0 saturated heterocycles. The summed E-state index contributed by atoms with van der Waals surface area (Å²) in [7, 11) is -2.20. The third-order valence-corrected chi connectivity index (χ3v) is 5.12. The molecule has 1 aromatic heterocycles. The monoisotopic (exact) mass is 364 g/mol. The Bertz CT molecular complexity index is 805. The Morgan fingerprint density at radius 1 is 1.12 bits per heavy atom. The van der Waals surface area contributed by atoms with Crippen molar-refractivity contribution in [3.63, 3.8) is 0 Å². The second-order valence-corrected chi connectivity index (χ2v) is 7.80. The number of anilines is 2. The van der Waals surface area contributed by atoms with Crippen LogP contribution in [0.2, 0.25) is 0 Å². The maximum Gasteiger partial charge on any atom is 0.263 e. The predicted octanol–water partition coefficient (Wildman–Crippen LogP) is 3.05. The molecule has 1 heterocycles. The quantitative estimate of drug-likeness (QED) is 0.748. The van der Waals surface area contributed by atoms with Crippen LogP contribution in [0.5, 0.6) is 5.75 Å². The van der Waals surface area contributed by atoms with Gasteiger partial charge in [-0.1, -0.05) is 13.8 Å². The van der Waals surface area contributed by atoms with Crippen molar-refractivity contribution in [3.05, 3.63) is 35.9 Å². The van der Waals surface area contributed by atoms with Gasteiger partial charge in [-0.25, -0.2) is 8.42 Å². The highest BCUT2D eigenvalue weighted by molar-refractivity contribution is 7.92. The van der Waals surface area contributed by atoms with E-state index in [2.05, 4.69) is 34.1 Å². The minimum absolute atomic E-state index is 0.171. The average molecular weight is 364 g/mol. The van der Waals surface area contributed by atoms with E-state index in [0.29, 0.717) is 23.0 Å². The molecule has 136 valence electrons. The van der Waals surface area contributed by atoms with Crippen LogP contribution < -0.4 is 14.8 Å². The second-order valence-electron chi connectivity index (χ2n) is 6.15. The molecule has 0 aliphatic carbocycles. The predicted molar refractivity (Wildman–Crippen MR) is 98.5 cm³/mol. The van der Waals surface area contributed by atoms with Gasteiger partial charge in [0.05, 0.1) is 12.0 Å². The van der Waals surface area contributed by atoms with Gasteiger partial charge in [-0.15, -0.1) is 10.2 Å². The van der Waals surface area contributed by atoms with Crippen LogP contribution in [0.1, 0.15) is 25.8 Å². The molecule has 7 nitrogen and oxygen atoms in total. The molecule has 0 fully saturated rings. The van der Waals surface area contributed by atoms with Crippen LogP contribution in [-0.4, -0.2) is 32.3 Å². The summed E-state index contributed by atoms with van der Waals surface area (Å²) in [5.41, 5.74) is 0.590. The highest BCUT2D eigenvalue weighted by atomic mass is 32.2. The Hall–Kier alpha value is -2.35. The molecular formula is C17H24N4O3S. The minimum atomic E-state index is -3.74. The summed E-state index contributed by atoms with van der Waals surface area (Å²) in [6.45, 7) is 6.80. The van der Waals surface area contributed by atoms with Crippen LogP contribution in [-0.2, 0) is 10.0 Å². The van der Waals surface area contributed by atoms with Crippen molar-refractivity contribution in [2.45, 2.75) is 32.1 Å². The molecule has 0 radical (unpaired) electrons. The van der Waals surface area contributed by atoms with E-state index in [4.69, 9.17) is 4.74 Å². The van der Waals surface area contributed by atoms with Gasteiger partial charge in [0.15, 0.2) is 5.82 Å². The fraction of sp³-hybridized carbons (Fsp3) is 0.412. The molecule has 2 rings (SSSR count). The third kappa shape index (κ3) is 5.32. The summed E-state index contributed by atoms with van der Waals surface area (Å²) in [5, 5.41) is 11.1. The number of methoxy groups -OCH3 is 1. The molecule has 8 heteroatoms. The van der Waals surface area contributed by atoms with Gasteiger partial charge in [-0.3, -0.25) is 4.72 Å². The second kappa shape index (κ2) is 8.15. The number of nitrogens with one attached hydrogen (secondary N) is 2. The van der Waals surface area contributed by atoms with E-state index in [1.807, 2.05) is 0 Å². The fourth-order valence-electron chi connectivity index (χ4n) is 2.21. The van der Waals surface area contributed by atoms with Gasteiger partial charge in [0.25, 0.3) is 10.0 Å². The van der Waals surface area contributed by atoms with Crippen molar-refractivity contribution < 1.29 is 13.2 Å². The van der Waals surface area contributed by atoms with Gasteiger partial charge in [-0.05, 0) is 55.2 Å². The van der Waals surface area contributed by atoms with Crippen molar-refractivity contribution in [1.82, 2.24) is 10.2 Å². The summed E-state index contributed by atoms with van der Waals surface area (Å²) >= 11 is 0. The van der Waals surface area contributed by atoms with Gasteiger partial charge >= 0.3 is 0 Å². The van der Waals surface area contributed by atoms with Crippen LogP contribution in [0.25, 0.3) is 0 Å². The maximum absolute atomic E-state index is 12.5. The zero-order valence-electron chi connectivity index (χ0n) is 14.9. The van der Waals surface area contributed by atoms with Gasteiger partial charge in [0.1, 0.15) is 11.6 Å². The van der Waals surface area contributed by atoms with E-state index in [-0.39, 0.29) is 10.7 Å². The third-order valence-electron chi connectivity index (χ3n) is 3.60. The Balaban J connectivity index is 2.07. The molecule has 0 spiro atoms. The summed E-state index contributed by atoms with van der Waals surface area (Å²) in [6.07, 6.45) is 1.02. The molecule has 0 unspecified atom stereocenters. The Kier molecular flexibility index (Phi) is 6.19. The van der Waals surface area contributed by atoms with E-state index in [1.54, 1.807) is 31.2 Å². The first-order valence-corrected chi connectivity index (χ1v) is 9.55. The molecule has 0 saturated carbocycles. The van der Waals surface area contributed by atoms with Crippen molar-refractivity contribution >= 4 is 21.7 Å². The number of aryl methyl sites for hydroxylation is 1. The molecule has 0 aliphatic rings. The highest BCUT2D eigenvalue weighted by Gasteiger charge is 2.18. The number of rotatable bonds is 8. The lowest BCUT2D eigenvalue weighted by atomic mass is 10.1. The fourth-order valence-corrected chi connectivity index (χ4v) is 3.44. The average Bonchev–Trinajstić information content (AvgIpc) is 2.55. The molecule has 2 aromatic rings. The van der Waals surface area contributed by atoms with Crippen LogP contribution in [0, 0.1) is 12.8 Å².